The number of phosphoric acid groups is 3. The summed E-state index contributed by atoms with van der Waals surface area (Å²) in [6.45, 7) is -1.11. The number of aromatic nitrogens is 2. The topological polar surface area (TPSA) is 276 Å². The first-order valence-corrected chi connectivity index (χ1v) is 12.8. The molecule has 0 aliphatic carbocycles. The van der Waals surface area contributed by atoms with Crippen LogP contribution < -0.4 is 21.2 Å². The molecule has 0 spiro atoms. The Bertz CT molecular complexity index is 997. The lowest BCUT2D eigenvalue weighted by Crippen LogP contribution is -2.36. The number of hydrogen-bond acceptors (Lipinski definition) is 14. The Labute approximate surface area is 180 Å². The van der Waals surface area contributed by atoms with Gasteiger partial charge in [-0.05, 0) is 22.6 Å². The quantitative estimate of drug-likeness (QED) is 0.147. The van der Waals surface area contributed by atoms with E-state index in [2.05, 4.69) is 18.1 Å². The van der Waals surface area contributed by atoms with E-state index in [1.807, 2.05) is 0 Å². The van der Waals surface area contributed by atoms with Crippen LogP contribution in [-0.2, 0) is 31.6 Å². The van der Waals surface area contributed by atoms with Gasteiger partial charge in [0.05, 0.1) is 10.2 Å². The van der Waals surface area contributed by atoms with Gasteiger partial charge in [0.2, 0.25) is 0 Å². The second-order valence-electron chi connectivity index (χ2n) is 5.55. The molecule has 1 aliphatic rings. The van der Waals surface area contributed by atoms with Crippen LogP contribution in [0.25, 0.3) is 0 Å². The first-order valence-electron chi connectivity index (χ1n) is 7.32. The van der Waals surface area contributed by atoms with Crippen LogP contribution in [0.5, 0.6) is 0 Å². The molecule has 0 bridgehead atoms. The van der Waals surface area contributed by atoms with Crippen molar-refractivity contribution < 1.29 is 61.4 Å². The number of aliphatic hydroxyl groups excluding tert-OH is 2. The minimum atomic E-state index is -6.03. The van der Waals surface area contributed by atoms with Gasteiger partial charge in [0.1, 0.15) is 24.1 Å². The van der Waals surface area contributed by atoms with E-state index in [-0.39, 0.29) is 5.82 Å². The van der Waals surface area contributed by atoms with E-state index in [1.165, 1.54) is 0 Å². The summed E-state index contributed by atoms with van der Waals surface area (Å²) in [5.41, 5.74) is 4.52. The molecule has 1 aromatic rings. The average Bonchev–Trinajstić information content (AvgIpc) is 2.81. The Morgan fingerprint density at radius 3 is 2.37 bits per heavy atom. The largest absolute Gasteiger partial charge is 0.756 e. The highest BCUT2D eigenvalue weighted by molar-refractivity contribution is 14.1. The molecule has 0 aromatic carbocycles. The number of nitrogens with zero attached hydrogens (tertiary/aromatic N) is 2. The van der Waals surface area contributed by atoms with Crippen molar-refractivity contribution in [3.05, 3.63) is 20.3 Å². The molecule has 0 amide bonds. The molecule has 6 N–H and O–H groups in total. The van der Waals surface area contributed by atoms with Crippen LogP contribution in [0.1, 0.15) is 6.23 Å². The van der Waals surface area contributed by atoms with Gasteiger partial charge >= 0.3 is 13.5 Å². The molecule has 2 heterocycles. The highest BCUT2D eigenvalue weighted by Gasteiger charge is 2.45. The predicted octanol–water partition coefficient (Wildman–Crippen LogP) is -2.87. The smallest absolute Gasteiger partial charge is 0.476 e. The van der Waals surface area contributed by atoms with Gasteiger partial charge in [-0.2, -0.15) is 4.98 Å². The standard InChI is InChI=1S/C9H15IN3O14P3/c10-3-1-13(9(16)12-7(3)11)8-6(15)5(14)4(25-8)2-24-29(20,21)27-30(22,23)26-28(17,18)19/h1,4-6,8,14-15H,2H2,(H,20,21)(H,22,23)(H2,11,12,16)(H2,17,18,19)/p-2. The van der Waals surface area contributed by atoms with Crippen molar-refractivity contribution in [3.8, 4) is 0 Å². The third-order valence-corrected chi connectivity index (χ3v) is 7.90. The second kappa shape index (κ2) is 9.29. The summed E-state index contributed by atoms with van der Waals surface area (Å²) in [7, 11) is -17.5. The van der Waals surface area contributed by atoms with Crippen molar-refractivity contribution in [2.24, 2.45) is 0 Å². The Morgan fingerprint density at radius 1 is 1.20 bits per heavy atom. The number of rotatable bonds is 8. The zero-order valence-corrected chi connectivity index (χ0v) is 19.0. The Morgan fingerprint density at radius 2 is 1.80 bits per heavy atom. The average molecular weight is 607 g/mol. The number of nitrogen functional groups attached to an aromatic ring is 1. The number of phosphoric ester groups is 1. The summed E-state index contributed by atoms with van der Waals surface area (Å²) in [6.07, 6.45) is -5.54. The van der Waals surface area contributed by atoms with E-state index in [9.17, 15) is 38.5 Å². The van der Waals surface area contributed by atoms with Crippen LogP contribution in [0.4, 0.5) is 5.82 Å². The normalized spacial score (nSPS) is 28.8. The summed E-state index contributed by atoms with van der Waals surface area (Å²) >= 11 is 1.73. The molecule has 2 rings (SSSR count). The molecular formula is C9H13IN3O14P3-2. The van der Waals surface area contributed by atoms with E-state index in [0.29, 0.717) is 3.57 Å². The summed E-state index contributed by atoms with van der Waals surface area (Å²) in [5, 5.41) is 20.1. The fraction of sp³-hybridized carbons (Fsp3) is 0.556. The van der Waals surface area contributed by atoms with Crippen molar-refractivity contribution in [2.75, 3.05) is 12.3 Å². The van der Waals surface area contributed by atoms with Crippen LogP contribution in [0.15, 0.2) is 11.0 Å². The summed E-state index contributed by atoms with van der Waals surface area (Å²) in [6, 6.07) is 0. The fourth-order valence-electron chi connectivity index (χ4n) is 2.19. The first kappa shape index (κ1) is 26.0. The van der Waals surface area contributed by atoms with Gasteiger partial charge in [0, 0.05) is 6.20 Å². The first-order chi connectivity index (χ1) is 13.5. The maximum absolute atomic E-state index is 11.9. The molecule has 1 fully saturated rings. The number of aliphatic hydroxyl groups is 2. The molecule has 21 heteroatoms. The van der Waals surface area contributed by atoms with Gasteiger partial charge < -0.3 is 44.8 Å². The summed E-state index contributed by atoms with van der Waals surface area (Å²) in [5.74, 6) is -0.103. The maximum Gasteiger partial charge on any atom is 0.476 e. The Hall–Kier alpha value is -0.300. The van der Waals surface area contributed by atoms with Gasteiger partial charge in [-0.25, -0.2) is 18.0 Å². The molecule has 1 aliphatic heterocycles. The minimum absolute atomic E-state index is 0.103. The minimum Gasteiger partial charge on any atom is -0.756 e. The molecule has 172 valence electrons. The van der Waals surface area contributed by atoms with Crippen LogP contribution in [0.2, 0.25) is 0 Å². The van der Waals surface area contributed by atoms with E-state index < -0.39 is 60.3 Å². The SMILES string of the molecule is Nc1nc(=O)n(C2OC(COP(=O)([O-])OP(=O)([O-])OP(=O)(O)O)C(O)C2O)cc1I. The predicted molar refractivity (Wildman–Crippen MR) is 96.9 cm³/mol. The number of ether oxygens (including phenoxy) is 1. The van der Waals surface area contributed by atoms with E-state index in [0.717, 1.165) is 10.8 Å². The number of hydrogen-bond donors (Lipinski definition) is 5. The number of halogens is 1. The lowest BCUT2D eigenvalue weighted by Gasteiger charge is -2.30. The number of anilines is 1. The van der Waals surface area contributed by atoms with Crippen molar-refractivity contribution in [2.45, 2.75) is 24.5 Å². The van der Waals surface area contributed by atoms with Crippen molar-refractivity contribution in [3.63, 3.8) is 0 Å². The molecule has 0 radical (unpaired) electrons. The van der Waals surface area contributed by atoms with Gasteiger partial charge in [0.25, 0.3) is 15.6 Å². The van der Waals surface area contributed by atoms with Gasteiger partial charge in [-0.1, -0.05) is 0 Å². The zero-order valence-electron chi connectivity index (χ0n) is 14.2. The van der Waals surface area contributed by atoms with Crippen molar-refractivity contribution in [1.82, 2.24) is 9.55 Å². The maximum atomic E-state index is 11.9. The van der Waals surface area contributed by atoms with E-state index in [4.69, 9.17) is 20.3 Å². The van der Waals surface area contributed by atoms with Crippen LogP contribution in [0.3, 0.4) is 0 Å². The third-order valence-electron chi connectivity index (χ3n) is 3.35. The molecule has 30 heavy (non-hydrogen) atoms. The third kappa shape index (κ3) is 6.85. The Kier molecular flexibility index (Phi) is 8.03. The molecule has 0 saturated carbocycles. The van der Waals surface area contributed by atoms with Crippen molar-refractivity contribution in [1.29, 1.82) is 0 Å². The zero-order chi connectivity index (χ0) is 23.1. The highest BCUT2D eigenvalue weighted by atomic mass is 127. The highest BCUT2D eigenvalue weighted by Crippen LogP contribution is 2.62. The second-order valence-corrected chi connectivity index (χ2v) is 11.1. The van der Waals surface area contributed by atoms with Crippen LogP contribution in [0, 0.1) is 3.57 Å². The summed E-state index contributed by atoms with van der Waals surface area (Å²) < 4.78 is 50.3. The number of nitrogens with two attached hydrogens (primary N) is 1. The fourth-order valence-corrected chi connectivity index (χ4v) is 5.54. The Balaban J connectivity index is 2.09. The van der Waals surface area contributed by atoms with Crippen LogP contribution >= 0.6 is 46.1 Å². The van der Waals surface area contributed by atoms with Gasteiger partial charge in [-0.3, -0.25) is 13.7 Å². The lowest BCUT2D eigenvalue weighted by atomic mass is 10.1. The molecular weight excluding hydrogens is 594 g/mol. The molecule has 17 nitrogen and oxygen atoms in total. The molecule has 6 atom stereocenters. The lowest BCUT2D eigenvalue weighted by molar-refractivity contribution is -0.241. The molecule has 1 saturated heterocycles. The monoisotopic (exact) mass is 607 g/mol. The van der Waals surface area contributed by atoms with Gasteiger partial charge in [0.15, 0.2) is 6.23 Å². The van der Waals surface area contributed by atoms with E-state index in [1.54, 1.807) is 22.6 Å². The molecule has 6 unspecified atom stereocenters. The van der Waals surface area contributed by atoms with Crippen LogP contribution in [-0.4, -0.2) is 54.5 Å². The summed E-state index contributed by atoms with van der Waals surface area (Å²) in [4.78, 5) is 54.9. The van der Waals surface area contributed by atoms with Crippen molar-refractivity contribution >= 4 is 51.9 Å². The molecule has 1 aromatic heterocycles. The van der Waals surface area contributed by atoms with Gasteiger partial charge in [-0.15, -0.1) is 0 Å². The van der Waals surface area contributed by atoms with E-state index >= 15 is 0 Å².